The maximum absolute atomic E-state index is 12.4. The Balaban J connectivity index is 1.95. The summed E-state index contributed by atoms with van der Waals surface area (Å²) < 4.78 is 0. The maximum Gasteiger partial charge on any atom is 0.253 e. The first-order chi connectivity index (χ1) is 14.5. The third-order valence-electron chi connectivity index (χ3n) is 5.75. The maximum atomic E-state index is 12.4. The van der Waals surface area contributed by atoms with Gasteiger partial charge in [0.05, 0.1) is 11.7 Å². The number of nitrogens with one attached hydrogen (secondary N) is 2. The summed E-state index contributed by atoms with van der Waals surface area (Å²) in [5, 5.41) is 17.1. The summed E-state index contributed by atoms with van der Waals surface area (Å²) in [5.74, 6) is 0.0677. The van der Waals surface area contributed by atoms with Crippen LogP contribution in [0.1, 0.15) is 50.9 Å². The van der Waals surface area contributed by atoms with Gasteiger partial charge in [0.2, 0.25) is 0 Å². The minimum absolute atomic E-state index is 0.0181. The van der Waals surface area contributed by atoms with Crippen LogP contribution in [-0.4, -0.2) is 24.1 Å². The number of nitrogens with zero attached hydrogens (tertiary/aromatic N) is 1. The van der Waals surface area contributed by atoms with Gasteiger partial charge in [0.25, 0.3) is 10.9 Å². The van der Waals surface area contributed by atoms with Crippen molar-refractivity contribution in [2.75, 3.05) is 24.7 Å². The molecule has 0 aliphatic heterocycles. The number of phenolic OH excluding ortho intramolecular Hbond substituents is 1. The molecule has 31 heavy (non-hydrogen) atoms. The molecule has 0 saturated heterocycles. The summed E-state index contributed by atoms with van der Waals surface area (Å²) in [6.45, 7) is 8.22. The molecule has 0 saturated carbocycles. The molecular formula is C25H31N3O3. The van der Waals surface area contributed by atoms with E-state index >= 15 is 0 Å². The molecule has 2 atom stereocenters. The molecule has 3 aromatic rings. The molecule has 0 amide bonds. The van der Waals surface area contributed by atoms with E-state index in [0.717, 1.165) is 11.1 Å². The SMILES string of the molecule is CC(c1cccc(Nc2c(N[C@@H](c3ccccc3)C(C)(C)C)c(=O)c2=O)c1O)N(C)C. The fraction of sp³-hybridized carbons (Fsp3) is 0.360. The monoisotopic (exact) mass is 421 g/mol. The molecule has 0 radical (unpaired) electrons. The predicted octanol–water partition coefficient (Wildman–Crippen LogP) is 4.55. The fourth-order valence-electron chi connectivity index (χ4n) is 3.65. The van der Waals surface area contributed by atoms with Gasteiger partial charge in [-0.05, 0) is 38.1 Å². The number of phenols is 1. The number of hydrogen-bond acceptors (Lipinski definition) is 6. The summed E-state index contributed by atoms with van der Waals surface area (Å²) in [5.41, 5.74) is 1.24. The smallest absolute Gasteiger partial charge is 0.253 e. The Morgan fingerprint density at radius 1 is 0.903 bits per heavy atom. The highest BCUT2D eigenvalue weighted by atomic mass is 16.3. The van der Waals surface area contributed by atoms with Gasteiger partial charge in [-0.2, -0.15) is 0 Å². The molecule has 0 aliphatic carbocycles. The zero-order chi connectivity index (χ0) is 22.9. The van der Waals surface area contributed by atoms with Crippen LogP contribution in [0.4, 0.5) is 17.1 Å². The van der Waals surface area contributed by atoms with Gasteiger partial charge in [0, 0.05) is 11.6 Å². The highest BCUT2D eigenvalue weighted by Crippen LogP contribution is 2.39. The number of aromatic hydroxyl groups is 1. The lowest BCUT2D eigenvalue weighted by Gasteiger charge is -2.33. The van der Waals surface area contributed by atoms with Gasteiger partial charge in [-0.15, -0.1) is 0 Å². The molecule has 0 bridgehead atoms. The van der Waals surface area contributed by atoms with Crippen molar-refractivity contribution < 1.29 is 5.11 Å². The van der Waals surface area contributed by atoms with Crippen LogP contribution in [0.2, 0.25) is 0 Å². The van der Waals surface area contributed by atoms with Crippen LogP contribution in [0.25, 0.3) is 0 Å². The van der Waals surface area contributed by atoms with Gasteiger partial charge < -0.3 is 20.6 Å². The lowest BCUT2D eigenvalue weighted by atomic mass is 9.82. The number of benzene rings is 2. The molecule has 0 fully saturated rings. The van der Waals surface area contributed by atoms with E-state index < -0.39 is 10.9 Å². The van der Waals surface area contributed by atoms with Crippen molar-refractivity contribution in [3.8, 4) is 5.75 Å². The summed E-state index contributed by atoms with van der Waals surface area (Å²) in [4.78, 5) is 26.8. The third kappa shape index (κ3) is 4.49. The highest BCUT2D eigenvalue weighted by molar-refractivity contribution is 5.81. The molecule has 3 aromatic carbocycles. The second-order valence-electron chi connectivity index (χ2n) is 9.27. The first kappa shape index (κ1) is 22.6. The number of rotatable bonds is 7. The standard InChI is InChI=1S/C25H31N3O3/c1-15(28(5)6)17-13-10-14-18(21(17)29)26-19-20(23(31)22(19)30)27-24(25(2,3)4)16-11-8-7-9-12-16/h7-15,24,26-27,29H,1-6H3/t15?,24-/m0/s1. The van der Waals surface area contributed by atoms with E-state index in [4.69, 9.17) is 0 Å². The van der Waals surface area contributed by atoms with Crippen LogP contribution in [0, 0.1) is 5.41 Å². The summed E-state index contributed by atoms with van der Waals surface area (Å²) in [6.07, 6.45) is 0. The Hall–Kier alpha value is -3.12. The number of hydrogen-bond donors (Lipinski definition) is 3. The molecule has 0 spiro atoms. The van der Waals surface area contributed by atoms with Crippen LogP contribution >= 0.6 is 0 Å². The second-order valence-corrected chi connectivity index (χ2v) is 9.27. The van der Waals surface area contributed by atoms with Crippen molar-refractivity contribution in [1.82, 2.24) is 4.90 Å². The lowest BCUT2D eigenvalue weighted by Crippen LogP contribution is -2.39. The van der Waals surface area contributed by atoms with Crippen molar-refractivity contribution >= 4 is 17.1 Å². The van der Waals surface area contributed by atoms with Gasteiger partial charge in [0.1, 0.15) is 17.1 Å². The van der Waals surface area contributed by atoms with Crippen molar-refractivity contribution in [2.45, 2.75) is 39.8 Å². The average Bonchev–Trinajstić information content (AvgIpc) is 2.73. The molecule has 1 unspecified atom stereocenters. The van der Waals surface area contributed by atoms with E-state index in [1.807, 2.05) is 68.4 Å². The molecule has 6 heteroatoms. The Bertz CT molecular complexity index is 1120. The van der Waals surface area contributed by atoms with Gasteiger partial charge in [0.15, 0.2) is 0 Å². The Morgan fingerprint density at radius 3 is 2.10 bits per heavy atom. The van der Waals surface area contributed by atoms with Gasteiger partial charge in [-0.25, -0.2) is 0 Å². The van der Waals surface area contributed by atoms with Gasteiger partial charge in [-0.1, -0.05) is 63.2 Å². The third-order valence-corrected chi connectivity index (χ3v) is 5.75. The van der Waals surface area contributed by atoms with Crippen LogP contribution in [0.5, 0.6) is 5.75 Å². The highest BCUT2D eigenvalue weighted by Gasteiger charge is 2.31. The number of para-hydroxylation sites is 1. The van der Waals surface area contributed by atoms with Crippen LogP contribution in [0.15, 0.2) is 58.1 Å². The van der Waals surface area contributed by atoms with E-state index in [1.165, 1.54) is 0 Å². The quantitative estimate of drug-likeness (QED) is 0.383. The zero-order valence-corrected chi connectivity index (χ0v) is 19.0. The largest absolute Gasteiger partial charge is 0.505 e. The van der Waals surface area contributed by atoms with E-state index in [-0.39, 0.29) is 34.6 Å². The van der Waals surface area contributed by atoms with Crippen molar-refractivity contribution in [3.63, 3.8) is 0 Å². The first-order valence-corrected chi connectivity index (χ1v) is 10.4. The van der Waals surface area contributed by atoms with E-state index in [1.54, 1.807) is 6.07 Å². The van der Waals surface area contributed by atoms with Crippen LogP contribution in [-0.2, 0) is 0 Å². The Labute approximate surface area is 183 Å². The van der Waals surface area contributed by atoms with Crippen molar-refractivity contribution in [1.29, 1.82) is 0 Å². The minimum atomic E-state index is -0.589. The van der Waals surface area contributed by atoms with E-state index in [2.05, 4.69) is 31.4 Å². The molecule has 6 nitrogen and oxygen atoms in total. The predicted molar refractivity (Wildman–Crippen MR) is 127 cm³/mol. The fourth-order valence-corrected chi connectivity index (χ4v) is 3.65. The number of anilines is 3. The van der Waals surface area contributed by atoms with E-state index in [9.17, 15) is 14.7 Å². The molecule has 0 aliphatic rings. The molecule has 0 heterocycles. The molecule has 3 rings (SSSR count). The summed E-state index contributed by atoms with van der Waals surface area (Å²) in [6, 6.07) is 15.0. The molecule has 0 aromatic heterocycles. The normalized spacial score (nSPS) is 13.9. The minimum Gasteiger partial charge on any atom is -0.505 e. The Kier molecular flexibility index (Phi) is 6.23. The summed E-state index contributed by atoms with van der Waals surface area (Å²) in [7, 11) is 3.86. The Morgan fingerprint density at radius 2 is 1.52 bits per heavy atom. The molecule has 164 valence electrons. The lowest BCUT2D eigenvalue weighted by molar-refractivity contribution is 0.312. The molecule has 3 N–H and O–H groups in total. The van der Waals surface area contributed by atoms with E-state index in [0.29, 0.717) is 5.69 Å². The molecular weight excluding hydrogens is 390 g/mol. The van der Waals surface area contributed by atoms with Crippen molar-refractivity contribution in [2.24, 2.45) is 5.41 Å². The average molecular weight is 422 g/mol. The second kappa shape index (κ2) is 8.55. The van der Waals surface area contributed by atoms with Gasteiger partial charge in [-0.3, -0.25) is 9.59 Å². The topological polar surface area (TPSA) is 81.7 Å². The van der Waals surface area contributed by atoms with Crippen molar-refractivity contribution in [3.05, 3.63) is 80.1 Å². The van der Waals surface area contributed by atoms with Crippen LogP contribution in [0.3, 0.4) is 0 Å². The summed E-state index contributed by atoms with van der Waals surface area (Å²) >= 11 is 0. The zero-order valence-electron chi connectivity index (χ0n) is 19.0. The first-order valence-electron chi connectivity index (χ1n) is 10.4. The van der Waals surface area contributed by atoms with Gasteiger partial charge >= 0.3 is 0 Å². The van der Waals surface area contributed by atoms with Crippen LogP contribution < -0.4 is 21.5 Å².